The van der Waals surface area contributed by atoms with Gasteiger partial charge in [-0.1, -0.05) is 16.9 Å². The zero-order valence-electron chi connectivity index (χ0n) is 11.1. The lowest BCUT2D eigenvalue weighted by atomic mass is 10.4. The van der Waals surface area contributed by atoms with Crippen LogP contribution in [-0.4, -0.2) is 25.9 Å². The molecule has 7 heteroatoms. The maximum absolute atomic E-state index is 12.0. The summed E-state index contributed by atoms with van der Waals surface area (Å²) >= 11 is 1.42. The lowest BCUT2D eigenvalue weighted by Gasteiger charge is -2.10. The monoisotopic (exact) mass is 280 g/mol. The van der Waals surface area contributed by atoms with Crippen molar-refractivity contribution in [2.45, 2.75) is 37.7 Å². The second-order valence-corrected chi connectivity index (χ2v) is 5.38. The second-order valence-electron chi connectivity index (χ2n) is 4.07. The molecule has 0 aromatic carbocycles. The van der Waals surface area contributed by atoms with Gasteiger partial charge in [0, 0.05) is 25.0 Å². The molecule has 0 saturated heterocycles. The fourth-order valence-corrected chi connectivity index (χ4v) is 2.45. The number of thioether (sulfide) groups is 1. The van der Waals surface area contributed by atoms with Gasteiger partial charge >= 0.3 is 0 Å². The Labute approximate surface area is 115 Å². The van der Waals surface area contributed by atoms with Gasteiger partial charge in [0.05, 0.1) is 5.25 Å². The van der Waals surface area contributed by atoms with Gasteiger partial charge in [0.1, 0.15) is 5.76 Å². The van der Waals surface area contributed by atoms with Crippen molar-refractivity contribution in [1.29, 1.82) is 0 Å². The molecule has 0 aliphatic carbocycles. The summed E-state index contributed by atoms with van der Waals surface area (Å²) in [5.41, 5.74) is 0. The highest BCUT2D eigenvalue weighted by Crippen LogP contribution is 2.22. The van der Waals surface area contributed by atoms with Gasteiger partial charge in [0.2, 0.25) is 5.91 Å². The molecule has 0 aliphatic heterocycles. The van der Waals surface area contributed by atoms with Crippen LogP contribution in [0, 0.1) is 6.92 Å². The number of carbonyl (C=O) groups is 1. The third-order valence-electron chi connectivity index (χ3n) is 2.55. The quantitative estimate of drug-likeness (QED) is 0.851. The van der Waals surface area contributed by atoms with Crippen LogP contribution in [0.4, 0.5) is 5.82 Å². The molecule has 1 atom stereocenters. The fourth-order valence-electron chi connectivity index (χ4n) is 1.52. The third-order valence-corrected chi connectivity index (χ3v) is 3.67. The number of carbonyl (C=O) groups excluding carboxylic acids is 1. The van der Waals surface area contributed by atoms with Crippen molar-refractivity contribution in [2.24, 2.45) is 0 Å². The Balaban J connectivity index is 1.96. The van der Waals surface area contributed by atoms with Crippen molar-refractivity contribution in [3.05, 3.63) is 24.2 Å². The van der Waals surface area contributed by atoms with Gasteiger partial charge in [-0.25, -0.2) is 4.98 Å². The van der Waals surface area contributed by atoms with Crippen LogP contribution >= 0.6 is 11.8 Å². The summed E-state index contributed by atoms with van der Waals surface area (Å²) in [6.45, 7) is 6.48. The number of nitrogens with one attached hydrogen (secondary N) is 1. The molecule has 1 N–H and O–H groups in total. The summed E-state index contributed by atoms with van der Waals surface area (Å²) in [5.74, 6) is 0.981. The molecule has 0 aliphatic rings. The Hall–Kier alpha value is -1.76. The molecule has 6 nitrogen and oxygen atoms in total. The minimum Gasteiger partial charge on any atom is -0.360 e. The lowest BCUT2D eigenvalue weighted by molar-refractivity contribution is -0.115. The SMILES string of the molecule is CCn1ccnc1SC(C)C(=O)Nc1cc(C)on1. The van der Waals surface area contributed by atoms with Crippen LogP contribution in [0.25, 0.3) is 0 Å². The maximum atomic E-state index is 12.0. The molecule has 2 aromatic heterocycles. The minimum atomic E-state index is -0.260. The predicted molar refractivity (Wildman–Crippen MR) is 73.1 cm³/mol. The van der Waals surface area contributed by atoms with Crippen LogP contribution in [0.3, 0.4) is 0 Å². The standard InChI is InChI=1S/C12H16N4O2S/c1-4-16-6-5-13-12(16)19-9(3)11(17)14-10-7-8(2)18-15-10/h5-7,9H,4H2,1-3H3,(H,14,15,17). The highest BCUT2D eigenvalue weighted by Gasteiger charge is 2.18. The van der Waals surface area contributed by atoms with E-state index in [1.807, 2.05) is 24.6 Å². The minimum absolute atomic E-state index is 0.121. The summed E-state index contributed by atoms with van der Waals surface area (Å²) < 4.78 is 6.89. The van der Waals surface area contributed by atoms with Gasteiger partial charge in [0.15, 0.2) is 11.0 Å². The summed E-state index contributed by atoms with van der Waals surface area (Å²) in [4.78, 5) is 16.2. The summed E-state index contributed by atoms with van der Waals surface area (Å²) in [6, 6.07) is 1.68. The number of nitrogens with zero attached hydrogens (tertiary/aromatic N) is 3. The summed E-state index contributed by atoms with van der Waals surface area (Å²) in [6.07, 6.45) is 3.63. The Morgan fingerprint density at radius 2 is 2.42 bits per heavy atom. The molecule has 0 saturated carbocycles. The number of hydrogen-bond acceptors (Lipinski definition) is 5. The van der Waals surface area contributed by atoms with Crippen molar-refractivity contribution in [1.82, 2.24) is 14.7 Å². The number of hydrogen-bond donors (Lipinski definition) is 1. The smallest absolute Gasteiger partial charge is 0.238 e. The van der Waals surface area contributed by atoms with Crippen LogP contribution in [-0.2, 0) is 11.3 Å². The number of imidazole rings is 1. The average Bonchev–Trinajstić information content (AvgIpc) is 2.98. The molecule has 0 radical (unpaired) electrons. The van der Waals surface area contributed by atoms with E-state index in [1.165, 1.54) is 11.8 Å². The number of rotatable bonds is 5. The average molecular weight is 280 g/mol. The largest absolute Gasteiger partial charge is 0.360 e. The van der Waals surface area contributed by atoms with Crippen LogP contribution in [0.5, 0.6) is 0 Å². The first-order chi connectivity index (χ1) is 9.10. The van der Waals surface area contributed by atoms with Gasteiger partial charge in [-0.3, -0.25) is 4.79 Å². The molecule has 1 unspecified atom stereocenters. The molecule has 2 rings (SSSR count). The van der Waals surface area contributed by atoms with Crippen LogP contribution in [0.15, 0.2) is 28.1 Å². The number of amides is 1. The van der Waals surface area contributed by atoms with Gasteiger partial charge in [0.25, 0.3) is 0 Å². The highest BCUT2D eigenvalue weighted by atomic mass is 32.2. The van der Waals surface area contributed by atoms with Crippen molar-refractivity contribution >= 4 is 23.5 Å². The predicted octanol–water partition coefficient (Wildman–Crippen LogP) is 2.32. The van der Waals surface area contributed by atoms with Gasteiger partial charge in [-0.2, -0.15) is 0 Å². The Kier molecular flexibility index (Phi) is 4.26. The summed E-state index contributed by atoms with van der Waals surface area (Å²) in [5, 5.41) is 7.02. The molecule has 0 fully saturated rings. The fraction of sp³-hybridized carbons (Fsp3) is 0.417. The van der Waals surface area contributed by atoms with Gasteiger partial charge in [-0.05, 0) is 20.8 Å². The van der Waals surface area contributed by atoms with E-state index in [1.54, 1.807) is 19.2 Å². The summed E-state index contributed by atoms with van der Waals surface area (Å²) in [7, 11) is 0. The van der Waals surface area contributed by atoms with Crippen LogP contribution in [0.2, 0.25) is 0 Å². The maximum Gasteiger partial charge on any atom is 0.238 e. The van der Waals surface area contributed by atoms with E-state index in [0.717, 1.165) is 11.7 Å². The molecule has 2 heterocycles. The van der Waals surface area contributed by atoms with Crippen LogP contribution < -0.4 is 5.32 Å². The Morgan fingerprint density at radius 1 is 1.63 bits per heavy atom. The van der Waals surface area contributed by atoms with E-state index < -0.39 is 0 Å². The first-order valence-electron chi connectivity index (χ1n) is 6.02. The highest BCUT2D eigenvalue weighted by molar-refractivity contribution is 8.00. The number of aryl methyl sites for hydroxylation is 2. The Bertz CT molecular complexity index is 564. The molecule has 0 spiro atoms. The molecule has 102 valence electrons. The van der Waals surface area contributed by atoms with E-state index in [0.29, 0.717) is 11.6 Å². The first-order valence-corrected chi connectivity index (χ1v) is 6.90. The third kappa shape index (κ3) is 3.37. The van der Waals surface area contributed by atoms with E-state index in [4.69, 9.17) is 4.52 Å². The topological polar surface area (TPSA) is 73.0 Å². The van der Waals surface area contributed by atoms with E-state index >= 15 is 0 Å². The zero-order valence-corrected chi connectivity index (χ0v) is 11.9. The Morgan fingerprint density at radius 3 is 3.05 bits per heavy atom. The van der Waals surface area contributed by atoms with E-state index in [-0.39, 0.29) is 11.2 Å². The van der Waals surface area contributed by atoms with Crippen LogP contribution in [0.1, 0.15) is 19.6 Å². The molecular weight excluding hydrogens is 264 g/mol. The molecule has 2 aromatic rings. The number of aromatic nitrogens is 3. The van der Waals surface area contributed by atoms with E-state index in [2.05, 4.69) is 15.5 Å². The second kappa shape index (κ2) is 5.92. The van der Waals surface area contributed by atoms with E-state index in [9.17, 15) is 4.79 Å². The molecule has 0 bridgehead atoms. The van der Waals surface area contributed by atoms with Crippen molar-refractivity contribution in [2.75, 3.05) is 5.32 Å². The van der Waals surface area contributed by atoms with Crippen molar-refractivity contribution in [3.8, 4) is 0 Å². The zero-order chi connectivity index (χ0) is 13.8. The first kappa shape index (κ1) is 13.7. The molecule has 1 amide bonds. The normalized spacial score (nSPS) is 12.4. The van der Waals surface area contributed by atoms with Gasteiger partial charge < -0.3 is 14.4 Å². The molecular formula is C12H16N4O2S. The van der Waals surface area contributed by atoms with Crippen molar-refractivity contribution in [3.63, 3.8) is 0 Å². The number of anilines is 1. The van der Waals surface area contributed by atoms with Crippen molar-refractivity contribution < 1.29 is 9.32 Å². The lowest BCUT2D eigenvalue weighted by Crippen LogP contribution is -2.23. The van der Waals surface area contributed by atoms with Gasteiger partial charge in [-0.15, -0.1) is 0 Å². The molecule has 19 heavy (non-hydrogen) atoms.